The molecule has 2 N–H and O–H groups in total. The van der Waals surface area contributed by atoms with Gasteiger partial charge in [0.25, 0.3) is 0 Å². The normalized spacial score (nSPS) is 23.0. The number of hydrogen-bond acceptors (Lipinski definition) is 4. The monoisotopic (exact) mass is 270 g/mol. The number of aromatic nitrogens is 1. The summed E-state index contributed by atoms with van der Waals surface area (Å²) in [6.45, 7) is 3.33. The quantitative estimate of drug-likeness (QED) is 0.879. The standard InChI is InChI=1S/C12H15ClN2O3/c1-12(4-2-6-18-12)7-15-10-9(13)8(11(16)17)3-5-14-10/h3,5H,2,4,6-7H2,1H3,(H,14,15)(H,16,17). The van der Waals surface area contributed by atoms with E-state index >= 15 is 0 Å². The molecule has 98 valence electrons. The lowest BCUT2D eigenvalue weighted by atomic mass is 10.0. The van der Waals surface area contributed by atoms with Crippen LogP contribution in [0.4, 0.5) is 5.82 Å². The van der Waals surface area contributed by atoms with Crippen LogP contribution in [-0.2, 0) is 4.74 Å². The van der Waals surface area contributed by atoms with Crippen LogP contribution < -0.4 is 5.32 Å². The zero-order valence-electron chi connectivity index (χ0n) is 10.1. The Hall–Kier alpha value is -1.33. The SMILES string of the molecule is CC1(CNc2nccc(C(=O)O)c2Cl)CCCO1. The average molecular weight is 271 g/mol. The lowest BCUT2D eigenvalue weighted by Gasteiger charge is -2.24. The molecule has 0 spiro atoms. The van der Waals surface area contributed by atoms with Gasteiger partial charge in [-0.05, 0) is 25.8 Å². The van der Waals surface area contributed by atoms with E-state index in [0.29, 0.717) is 12.4 Å². The molecule has 6 heteroatoms. The Morgan fingerprint density at radius 3 is 3.11 bits per heavy atom. The molecule has 0 radical (unpaired) electrons. The summed E-state index contributed by atoms with van der Waals surface area (Å²) in [5.74, 6) is -0.679. The minimum atomic E-state index is -1.06. The highest BCUT2D eigenvalue weighted by Crippen LogP contribution is 2.28. The molecule has 1 unspecified atom stereocenters. The first-order valence-electron chi connectivity index (χ1n) is 5.77. The van der Waals surface area contributed by atoms with Crippen LogP contribution in [0.15, 0.2) is 12.3 Å². The van der Waals surface area contributed by atoms with Gasteiger partial charge in [-0.1, -0.05) is 11.6 Å². The molecule has 0 bridgehead atoms. The number of carbonyl (C=O) groups is 1. The highest BCUT2D eigenvalue weighted by atomic mass is 35.5. The van der Waals surface area contributed by atoms with Crippen molar-refractivity contribution in [1.29, 1.82) is 0 Å². The minimum absolute atomic E-state index is 0.0478. The van der Waals surface area contributed by atoms with E-state index < -0.39 is 5.97 Å². The van der Waals surface area contributed by atoms with E-state index in [4.69, 9.17) is 21.4 Å². The topological polar surface area (TPSA) is 71.5 Å². The number of hydrogen-bond donors (Lipinski definition) is 2. The molecule has 18 heavy (non-hydrogen) atoms. The van der Waals surface area contributed by atoms with Crippen molar-refractivity contribution in [3.8, 4) is 0 Å². The fourth-order valence-corrected chi connectivity index (χ4v) is 2.24. The van der Waals surface area contributed by atoms with Crippen molar-refractivity contribution >= 4 is 23.4 Å². The maximum Gasteiger partial charge on any atom is 0.337 e. The van der Waals surface area contributed by atoms with Crippen molar-refractivity contribution in [3.05, 3.63) is 22.8 Å². The Morgan fingerprint density at radius 1 is 1.72 bits per heavy atom. The van der Waals surface area contributed by atoms with Gasteiger partial charge in [0.15, 0.2) is 0 Å². The van der Waals surface area contributed by atoms with Crippen molar-refractivity contribution in [2.45, 2.75) is 25.4 Å². The molecule has 1 aromatic rings. The van der Waals surface area contributed by atoms with Crippen molar-refractivity contribution in [2.24, 2.45) is 0 Å². The molecule has 2 heterocycles. The van der Waals surface area contributed by atoms with Gasteiger partial charge in [-0.2, -0.15) is 0 Å². The van der Waals surface area contributed by atoms with Crippen LogP contribution in [0.25, 0.3) is 0 Å². The van der Waals surface area contributed by atoms with Gasteiger partial charge >= 0.3 is 5.97 Å². The van der Waals surface area contributed by atoms with E-state index in [0.717, 1.165) is 19.4 Å². The number of carboxylic acids is 1. The van der Waals surface area contributed by atoms with Crippen LogP contribution in [0, 0.1) is 0 Å². The molecule has 1 fully saturated rings. The third-order valence-corrected chi connectivity index (χ3v) is 3.43. The fraction of sp³-hybridized carbons (Fsp3) is 0.500. The first-order chi connectivity index (χ1) is 8.52. The van der Waals surface area contributed by atoms with Crippen molar-refractivity contribution in [1.82, 2.24) is 4.98 Å². The van der Waals surface area contributed by atoms with Crippen LogP contribution in [0.5, 0.6) is 0 Å². The van der Waals surface area contributed by atoms with Gasteiger partial charge in [0.05, 0.1) is 16.2 Å². The third kappa shape index (κ3) is 2.73. The number of aromatic carboxylic acids is 1. The summed E-state index contributed by atoms with van der Waals surface area (Å²) in [5, 5.41) is 12.1. The fourth-order valence-electron chi connectivity index (χ4n) is 1.98. The van der Waals surface area contributed by atoms with Crippen LogP contribution in [0.1, 0.15) is 30.1 Å². The van der Waals surface area contributed by atoms with Crippen LogP contribution in [-0.4, -0.2) is 34.8 Å². The number of rotatable bonds is 4. The second-order valence-corrected chi connectivity index (χ2v) is 4.96. The molecular formula is C12H15ClN2O3. The Balaban J connectivity index is 2.10. The van der Waals surface area contributed by atoms with Crippen molar-refractivity contribution in [2.75, 3.05) is 18.5 Å². The number of carboxylic acid groups (broad SMARTS) is 1. The minimum Gasteiger partial charge on any atom is -0.478 e. The summed E-state index contributed by atoms with van der Waals surface area (Å²) in [6.07, 6.45) is 3.43. The molecule has 1 atom stereocenters. The average Bonchev–Trinajstić information content (AvgIpc) is 2.75. The maximum absolute atomic E-state index is 10.9. The van der Waals surface area contributed by atoms with Crippen LogP contribution in [0.2, 0.25) is 5.02 Å². The number of halogens is 1. The second kappa shape index (κ2) is 5.12. The molecule has 1 aromatic heterocycles. The van der Waals surface area contributed by atoms with E-state index in [2.05, 4.69) is 10.3 Å². The number of ether oxygens (including phenoxy) is 1. The lowest BCUT2D eigenvalue weighted by Crippen LogP contribution is -2.32. The summed E-state index contributed by atoms with van der Waals surface area (Å²) >= 11 is 5.99. The molecule has 1 saturated heterocycles. The zero-order chi connectivity index (χ0) is 13.2. The number of nitrogens with zero attached hydrogens (tertiary/aromatic N) is 1. The Labute approximate surface area is 110 Å². The van der Waals surface area contributed by atoms with E-state index in [1.165, 1.54) is 12.3 Å². The smallest absolute Gasteiger partial charge is 0.337 e. The van der Waals surface area contributed by atoms with E-state index in [1.54, 1.807) is 0 Å². The van der Waals surface area contributed by atoms with E-state index in [-0.39, 0.29) is 16.2 Å². The zero-order valence-corrected chi connectivity index (χ0v) is 10.8. The molecule has 1 aliphatic heterocycles. The van der Waals surface area contributed by atoms with Gasteiger partial charge in [0, 0.05) is 19.3 Å². The molecule has 2 rings (SSSR count). The molecule has 0 aromatic carbocycles. The third-order valence-electron chi connectivity index (χ3n) is 3.05. The number of nitrogens with one attached hydrogen (secondary N) is 1. The van der Waals surface area contributed by atoms with Crippen molar-refractivity contribution in [3.63, 3.8) is 0 Å². The first kappa shape index (κ1) is 13.1. The molecular weight excluding hydrogens is 256 g/mol. The molecule has 1 aliphatic rings. The van der Waals surface area contributed by atoms with Gasteiger partial charge in [0.1, 0.15) is 5.82 Å². The van der Waals surface area contributed by atoms with Gasteiger partial charge < -0.3 is 15.2 Å². The van der Waals surface area contributed by atoms with E-state index in [9.17, 15) is 4.79 Å². The number of pyridine rings is 1. The summed E-state index contributed by atoms with van der Waals surface area (Å²) in [5.41, 5.74) is -0.184. The maximum atomic E-state index is 10.9. The van der Waals surface area contributed by atoms with Gasteiger partial charge in [0.2, 0.25) is 0 Å². The second-order valence-electron chi connectivity index (χ2n) is 4.58. The highest BCUT2D eigenvalue weighted by Gasteiger charge is 2.29. The number of anilines is 1. The van der Waals surface area contributed by atoms with Gasteiger partial charge in [-0.15, -0.1) is 0 Å². The molecule has 0 aliphatic carbocycles. The predicted octanol–water partition coefficient (Wildman–Crippen LogP) is 2.41. The lowest BCUT2D eigenvalue weighted by molar-refractivity contribution is 0.0315. The summed E-state index contributed by atoms with van der Waals surface area (Å²) in [7, 11) is 0. The predicted molar refractivity (Wildman–Crippen MR) is 68.3 cm³/mol. The van der Waals surface area contributed by atoms with E-state index in [1.807, 2.05) is 6.92 Å². The van der Waals surface area contributed by atoms with Crippen LogP contribution in [0.3, 0.4) is 0 Å². The molecule has 5 nitrogen and oxygen atoms in total. The summed E-state index contributed by atoms with van der Waals surface area (Å²) < 4.78 is 5.63. The van der Waals surface area contributed by atoms with Crippen LogP contribution >= 0.6 is 11.6 Å². The van der Waals surface area contributed by atoms with Gasteiger partial charge in [-0.3, -0.25) is 0 Å². The van der Waals surface area contributed by atoms with Crippen molar-refractivity contribution < 1.29 is 14.6 Å². The Morgan fingerprint density at radius 2 is 2.50 bits per heavy atom. The largest absolute Gasteiger partial charge is 0.478 e. The Kier molecular flexibility index (Phi) is 3.73. The highest BCUT2D eigenvalue weighted by molar-refractivity contribution is 6.35. The van der Waals surface area contributed by atoms with Gasteiger partial charge in [-0.25, -0.2) is 9.78 Å². The summed E-state index contributed by atoms with van der Waals surface area (Å²) in [6, 6.07) is 1.38. The first-order valence-corrected chi connectivity index (χ1v) is 6.15. The Bertz CT molecular complexity index is 459. The summed E-state index contributed by atoms with van der Waals surface area (Å²) in [4.78, 5) is 15.0. The molecule has 0 saturated carbocycles. The molecule has 0 amide bonds.